The van der Waals surface area contributed by atoms with Gasteiger partial charge in [-0.05, 0) is 0 Å². The molecule has 0 aromatic heterocycles. The predicted molar refractivity (Wildman–Crippen MR) is 30.2 cm³/mol. The van der Waals surface area contributed by atoms with Crippen molar-refractivity contribution >= 4 is 7.82 Å². The van der Waals surface area contributed by atoms with E-state index in [1.54, 1.807) is 0 Å². The van der Waals surface area contributed by atoms with Crippen molar-refractivity contribution in [3.05, 3.63) is 0 Å². The number of hydroxylamine groups is 1. The van der Waals surface area contributed by atoms with Gasteiger partial charge in [-0.2, -0.15) is 10.1 Å². The Labute approximate surface area is 72.6 Å². The smallest absolute Gasteiger partial charge is 0.329 e. The van der Waals surface area contributed by atoms with E-state index >= 15 is 0 Å². The average Bonchev–Trinajstić information content (AvgIpc) is 1.63. The van der Waals surface area contributed by atoms with Crippen LogP contribution < -0.4 is 11.2 Å². The van der Waals surface area contributed by atoms with Gasteiger partial charge in [-0.15, -0.1) is 0 Å². The quantitative estimate of drug-likeness (QED) is 0.281. The molecule has 0 atom stereocenters. The standard InChI is InChI=1S/C2H9N2O4P.Pt/c3-1-2-4-8-9(5,6)7;/h4H,1-3H2,(H2,5,6,7);. The Hall–Kier alpha value is 0.718. The molecule has 0 radical (unpaired) electrons. The van der Waals surface area contributed by atoms with Crippen LogP contribution in [-0.2, 0) is 30.3 Å². The molecular formula is C2H9N2O4PPt. The molecule has 0 saturated carbocycles. The van der Waals surface area contributed by atoms with Crippen LogP contribution in [0.1, 0.15) is 0 Å². The Balaban J connectivity index is 0. The number of rotatable bonds is 4. The third-order valence-corrected chi connectivity index (χ3v) is 0.797. The molecule has 0 aliphatic rings. The molecule has 6 nitrogen and oxygen atoms in total. The van der Waals surface area contributed by atoms with E-state index in [0.717, 1.165) is 0 Å². The first kappa shape index (κ1) is 13.3. The molecular weight excluding hydrogens is 342 g/mol. The van der Waals surface area contributed by atoms with Crippen molar-refractivity contribution in [3.63, 3.8) is 0 Å². The minimum absolute atomic E-state index is 0. The van der Waals surface area contributed by atoms with E-state index in [0.29, 0.717) is 0 Å². The summed E-state index contributed by atoms with van der Waals surface area (Å²) in [5.41, 5.74) is 6.95. The van der Waals surface area contributed by atoms with Gasteiger partial charge in [0.05, 0.1) is 0 Å². The Morgan fingerprint density at radius 3 is 2.40 bits per heavy atom. The summed E-state index contributed by atoms with van der Waals surface area (Å²) in [5.74, 6) is 0. The summed E-state index contributed by atoms with van der Waals surface area (Å²) in [6, 6.07) is 0. The predicted octanol–water partition coefficient (Wildman–Crippen LogP) is -1.44. The number of hydrogen-bond donors (Lipinski definition) is 4. The molecule has 0 aromatic carbocycles. The number of nitrogens with one attached hydrogen (secondary N) is 1. The van der Waals surface area contributed by atoms with Crippen LogP contribution in [0.15, 0.2) is 0 Å². The van der Waals surface area contributed by atoms with Gasteiger partial charge in [-0.3, -0.25) is 0 Å². The Morgan fingerprint density at radius 2 is 2.10 bits per heavy atom. The van der Waals surface area contributed by atoms with Crippen LogP contribution in [0.4, 0.5) is 0 Å². The van der Waals surface area contributed by atoms with Crippen LogP contribution in [0.25, 0.3) is 0 Å². The fraction of sp³-hybridized carbons (Fsp3) is 1.00. The minimum atomic E-state index is -4.36. The second kappa shape index (κ2) is 6.43. The van der Waals surface area contributed by atoms with E-state index in [-0.39, 0.29) is 34.2 Å². The maximum Gasteiger partial charge on any atom is 0.486 e. The van der Waals surface area contributed by atoms with Gasteiger partial charge >= 0.3 is 7.82 Å². The summed E-state index contributed by atoms with van der Waals surface area (Å²) < 4.78 is 13.7. The van der Waals surface area contributed by atoms with E-state index in [2.05, 4.69) is 4.62 Å². The molecule has 8 heteroatoms. The molecule has 0 heterocycles. The van der Waals surface area contributed by atoms with Gasteiger partial charge in [0.1, 0.15) is 0 Å². The van der Waals surface area contributed by atoms with Crippen LogP contribution in [0, 0.1) is 0 Å². The van der Waals surface area contributed by atoms with Crippen molar-refractivity contribution in [2.45, 2.75) is 0 Å². The molecule has 0 unspecified atom stereocenters. The first-order valence-electron chi connectivity index (χ1n) is 2.23. The van der Waals surface area contributed by atoms with Crippen molar-refractivity contribution in [1.82, 2.24) is 5.48 Å². The zero-order chi connectivity index (χ0) is 7.33. The van der Waals surface area contributed by atoms with Gasteiger partial charge in [0.15, 0.2) is 0 Å². The zero-order valence-electron chi connectivity index (χ0n) is 4.97. The third-order valence-electron chi connectivity index (χ3n) is 0.430. The van der Waals surface area contributed by atoms with Crippen molar-refractivity contribution in [2.24, 2.45) is 5.73 Å². The summed E-state index contributed by atoms with van der Waals surface area (Å²) >= 11 is 0. The van der Waals surface area contributed by atoms with Crippen molar-refractivity contribution in [1.29, 1.82) is 0 Å². The molecule has 0 aromatic rings. The van der Waals surface area contributed by atoms with Crippen molar-refractivity contribution in [2.75, 3.05) is 13.1 Å². The number of phosphoric acid groups is 1. The molecule has 0 rings (SSSR count). The topological polar surface area (TPSA) is 105 Å². The van der Waals surface area contributed by atoms with E-state index in [1.807, 2.05) is 5.48 Å². The van der Waals surface area contributed by atoms with Gasteiger partial charge in [0.25, 0.3) is 0 Å². The monoisotopic (exact) mass is 351 g/mol. The molecule has 5 N–H and O–H groups in total. The molecule has 0 aliphatic carbocycles. The Morgan fingerprint density at radius 1 is 1.60 bits per heavy atom. The van der Waals surface area contributed by atoms with Gasteiger partial charge in [0.2, 0.25) is 0 Å². The normalized spacial score (nSPS) is 10.7. The van der Waals surface area contributed by atoms with Gasteiger partial charge in [-0.1, -0.05) is 0 Å². The Bertz CT molecular complexity index is 116. The SMILES string of the molecule is NCCNOP(=O)(O)O.[Pt]. The summed E-state index contributed by atoms with van der Waals surface area (Å²) in [6.07, 6.45) is 0. The first-order chi connectivity index (χ1) is 4.06. The average molecular weight is 351 g/mol. The molecule has 66 valence electrons. The molecule has 0 bridgehead atoms. The van der Waals surface area contributed by atoms with Crippen molar-refractivity contribution in [3.8, 4) is 0 Å². The molecule has 0 aliphatic heterocycles. The van der Waals surface area contributed by atoms with Crippen molar-refractivity contribution < 1.29 is 40.0 Å². The molecule has 0 amide bonds. The van der Waals surface area contributed by atoms with Crippen LogP contribution in [-0.4, -0.2) is 22.9 Å². The van der Waals surface area contributed by atoms with Gasteiger partial charge < -0.3 is 15.5 Å². The summed E-state index contributed by atoms with van der Waals surface area (Å²) in [4.78, 5) is 16.1. The fourth-order valence-corrected chi connectivity index (χ4v) is 0.448. The molecule has 10 heavy (non-hydrogen) atoms. The maximum atomic E-state index is 9.87. The second-order valence-electron chi connectivity index (χ2n) is 1.26. The summed E-state index contributed by atoms with van der Waals surface area (Å²) in [7, 11) is -4.36. The van der Waals surface area contributed by atoms with Crippen LogP contribution in [0.5, 0.6) is 0 Å². The second-order valence-corrected chi connectivity index (χ2v) is 2.43. The Kier molecular flexibility index (Phi) is 8.56. The molecule has 0 saturated heterocycles. The van der Waals surface area contributed by atoms with Crippen LogP contribution >= 0.6 is 7.82 Å². The molecule has 0 spiro atoms. The number of nitrogens with two attached hydrogens (primary N) is 1. The van der Waals surface area contributed by atoms with Gasteiger partial charge in [-0.25, -0.2) is 4.57 Å². The summed E-state index contributed by atoms with van der Waals surface area (Å²) in [5, 5.41) is 0. The van der Waals surface area contributed by atoms with Crippen LogP contribution in [0.2, 0.25) is 0 Å². The van der Waals surface area contributed by atoms with E-state index in [9.17, 15) is 4.57 Å². The largest absolute Gasteiger partial charge is 0.486 e. The molecule has 0 fully saturated rings. The van der Waals surface area contributed by atoms with E-state index in [1.165, 1.54) is 0 Å². The van der Waals surface area contributed by atoms with E-state index < -0.39 is 7.82 Å². The zero-order valence-corrected chi connectivity index (χ0v) is 8.13. The summed E-state index contributed by atoms with van der Waals surface area (Å²) in [6.45, 7) is 0.477. The first-order valence-corrected chi connectivity index (χ1v) is 3.76. The van der Waals surface area contributed by atoms with E-state index in [4.69, 9.17) is 15.5 Å². The maximum absolute atomic E-state index is 9.87. The third kappa shape index (κ3) is 11.5. The van der Waals surface area contributed by atoms with Gasteiger partial charge in [0, 0.05) is 34.2 Å². The van der Waals surface area contributed by atoms with Crippen LogP contribution in [0.3, 0.4) is 0 Å². The number of hydrogen-bond acceptors (Lipinski definition) is 4. The fourth-order valence-electron chi connectivity index (χ4n) is 0.189. The minimum Gasteiger partial charge on any atom is -0.329 e.